The molecular weight excluding hydrogens is 250 g/mol. The monoisotopic (exact) mass is 267 g/mol. The summed E-state index contributed by atoms with van der Waals surface area (Å²) in [6, 6.07) is 15.0. The Morgan fingerprint density at radius 3 is 1.90 bits per heavy atom. The molecule has 4 heteroatoms. The van der Waals surface area contributed by atoms with Gasteiger partial charge in [0, 0.05) is 12.1 Å². The number of ketones is 1. The Morgan fingerprint density at radius 1 is 0.950 bits per heavy atom. The van der Waals surface area contributed by atoms with Crippen molar-refractivity contribution < 1.29 is 4.79 Å². The highest BCUT2D eigenvalue weighted by molar-refractivity contribution is 5.94. The van der Waals surface area contributed by atoms with Crippen molar-refractivity contribution in [2.45, 2.75) is 13.5 Å². The molecule has 20 heavy (non-hydrogen) atoms. The Bertz CT molecular complexity index is 601. The number of azo groups is 1. The van der Waals surface area contributed by atoms with Crippen molar-refractivity contribution in [3.8, 4) is 0 Å². The third-order valence-corrected chi connectivity index (χ3v) is 2.87. The van der Waals surface area contributed by atoms with Crippen LogP contribution in [-0.2, 0) is 6.54 Å². The highest BCUT2D eigenvalue weighted by Crippen LogP contribution is 2.19. The van der Waals surface area contributed by atoms with Crippen LogP contribution < -0.4 is 5.32 Å². The molecule has 0 fully saturated rings. The van der Waals surface area contributed by atoms with Gasteiger partial charge in [0.05, 0.1) is 11.4 Å². The second-order valence-electron chi connectivity index (χ2n) is 4.50. The van der Waals surface area contributed by atoms with E-state index in [1.165, 1.54) is 5.56 Å². The van der Waals surface area contributed by atoms with Gasteiger partial charge < -0.3 is 5.32 Å². The van der Waals surface area contributed by atoms with Crippen molar-refractivity contribution in [3.63, 3.8) is 0 Å². The number of Topliss-reactive ketones (excluding diaryl/α,β-unsaturated/α-hetero) is 1. The number of hydrogen-bond acceptors (Lipinski definition) is 4. The zero-order valence-corrected chi connectivity index (χ0v) is 11.6. The standard InChI is InChI=1S/C16H17N3O/c1-12(20)14-5-9-16(10-6-14)19-18-15-7-3-13(4-8-15)11-17-2/h3-10,17H,11H2,1-2H3. The molecule has 0 unspecified atom stereocenters. The molecule has 0 saturated heterocycles. The fraction of sp³-hybridized carbons (Fsp3) is 0.188. The minimum absolute atomic E-state index is 0.0496. The van der Waals surface area contributed by atoms with Crippen molar-refractivity contribution >= 4 is 17.2 Å². The van der Waals surface area contributed by atoms with Crippen LogP contribution in [0.2, 0.25) is 0 Å². The number of nitrogens with zero attached hydrogens (tertiary/aromatic N) is 2. The van der Waals surface area contributed by atoms with Crippen LogP contribution >= 0.6 is 0 Å². The van der Waals surface area contributed by atoms with Crippen molar-refractivity contribution in [1.82, 2.24) is 5.32 Å². The fourth-order valence-electron chi connectivity index (χ4n) is 1.76. The van der Waals surface area contributed by atoms with Crippen molar-refractivity contribution in [2.75, 3.05) is 7.05 Å². The molecule has 0 aliphatic rings. The van der Waals surface area contributed by atoms with Crippen LogP contribution in [0, 0.1) is 0 Å². The average Bonchev–Trinajstić information content (AvgIpc) is 2.47. The predicted octanol–water partition coefficient (Wildman–Crippen LogP) is 4.02. The van der Waals surface area contributed by atoms with E-state index >= 15 is 0 Å². The fourth-order valence-corrected chi connectivity index (χ4v) is 1.76. The second-order valence-corrected chi connectivity index (χ2v) is 4.50. The molecule has 0 spiro atoms. The number of nitrogens with one attached hydrogen (secondary N) is 1. The summed E-state index contributed by atoms with van der Waals surface area (Å²) < 4.78 is 0. The Hall–Kier alpha value is -2.33. The van der Waals surface area contributed by atoms with Gasteiger partial charge in [-0.1, -0.05) is 12.1 Å². The quantitative estimate of drug-likeness (QED) is 0.657. The maximum Gasteiger partial charge on any atom is 0.159 e. The predicted molar refractivity (Wildman–Crippen MR) is 79.8 cm³/mol. The lowest BCUT2D eigenvalue weighted by atomic mass is 10.1. The molecule has 0 bridgehead atoms. The minimum atomic E-state index is 0.0496. The van der Waals surface area contributed by atoms with E-state index in [0.29, 0.717) is 5.56 Å². The molecule has 4 nitrogen and oxygen atoms in total. The van der Waals surface area contributed by atoms with Crippen LogP contribution in [0.1, 0.15) is 22.8 Å². The summed E-state index contributed by atoms with van der Waals surface area (Å²) in [5.74, 6) is 0.0496. The van der Waals surface area contributed by atoms with E-state index < -0.39 is 0 Å². The van der Waals surface area contributed by atoms with Gasteiger partial charge in [-0.05, 0) is 55.9 Å². The number of carbonyl (C=O) groups excluding carboxylic acids is 1. The van der Waals surface area contributed by atoms with Gasteiger partial charge in [0.1, 0.15) is 0 Å². The first-order chi connectivity index (χ1) is 9.69. The van der Waals surface area contributed by atoms with Crippen LogP contribution in [0.3, 0.4) is 0 Å². The van der Waals surface area contributed by atoms with Gasteiger partial charge in [-0.2, -0.15) is 10.2 Å². The molecular formula is C16H17N3O. The van der Waals surface area contributed by atoms with E-state index in [1.807, 2.05) is 31.3 Å². The molecule has 0 amide bonds. The van der Waals surface area contributed by atoms with E-state index in [4.69, 9.17) is 0 Å². The van der Waals surface area contributed by atoms with E-state index in [1.54, 1.807) is 31.2 Å². The normalized spacial score (nSPS) is 10.9. The zero-order valence-electron chi connectivity index (χ0n) is 11.6. The van der Waals surface area contributed by atoms with Crippen LogP contribution in [0.15, 0.2) is 58.8 Å². The largest absolute Gasteiger partial charge is 0.316 e. The van der Waals surface area contributed by atoms with E-state index in [0.717, 1.165) is 17.9 Å². The van der Waals surface area contributed by atoms with Crippen LogP contribution in [-0.4, -0.2) is 12.8 Å². The molecule has 2 aromatic carbocycles. The molecule has 1 N–H and O–H groups in total. The maximum atomic E-state index is 11.2. The number of benzene rings is 2. The Kier molecular flexibility index (Phi) is 4.74. The van der Waals surface area contributed by atoms with Crippen LogP contribution in [0.4, 0.5) is 11.4 Å². The number of carbonyl (C=O) groups is 1. The summed E-state index contributed by atoms with van der Waals surface area (Å²) in [7, 11) is 1.92. The number of hydrogen-bond donors (Lipinski definition) is 1. The third-order valence-electron chi connectivity index (χ3n) is 2.87. The Labute approximate surface area is 118 Å². The molecule has 0 aliphatic heterocycles. The molecule has 102 valence electrons. The molecule has 0 atom stereocenters. The molecule has 0 heterocycles. The molecule has 0 aliphatic carbocycles. The maximum absolute atomic E-state index is 11.2. The van der Waals surface area contributed by atoms with Crippen LogP contribution in [0.25, 0.3) is 0 Å². The molecule has 2 aromatic rings. The SMILES string of the molecule is CNCc1ccc(N=Nc2ccc(C(C)=O)cc2)cc1. The third kappa shape index (κ3) is 3.83. The van der Waals surface area contributed by atoms with E-state index in [-0.39, 0.29) is 5.78 Å². The molecule has 0 saturated carbocycles. The first-order valence-corrected chi connectivity index (χ1v) is 6.45. The summed E-state index contributed by atoms with van der Waals surface area (Å²) in [5, 5.41) is 11.4. The van der Waals surface area contributed by atoms with Crippen molar-refractivity contribution in [1.29, 1.82) is 0 Å². The summed E-state index contributed by atoms with van der Waals surface area (Å²) in [6.07, 6.45) is 0. The lowest BCUT2D eigenvalue weighted by molar-refractivity contribution is 0.101. The van der Waals surface area contributed by atoms with E-state index in [9.17, 15) is 4.79 Å². The number of rotatable bonds is 5. The van der Waals surface area contributed by atoms with Crippen molar-refractivity contribution in [2.24, 2.45) is 10.2 Å². The first-order valence-electron chi connectivity index (χ1n) is 6.45. The highest BCUT2D eigenvalue weighted by Gasteiger charge is 1.98. The highest BCUT2D eigenvalue weighted by atomic mass is 16.1. The first kappa shape index (κ1) is 14.1. The van der Waals surface area contributed by atoms with Gasteiger partial charge >= 0.3 is 0 Å². The smallest absolute Gasteiger partial charge is 0.159 e. The second kappa shape index (κ2) is 6.73. The molecule has 0 aromatic heterocycles. The van der Waals surface area contributed by atoms with Gasteiger partial charge in [0.2, 0.25) is 0 Å². The van der Waals surface area contributed by atoms with Gasteiger partial charge in [-0.3, -0.25) is 4.79 Å². The van der Waals surface area contributed by atoms with E-state index in [2.05, 4.69) is 15.5 Å². The van der Waals surface area contributed by atoms with Gasteiger partial charge in [-0.25, -0.2) is 0 Å². The summed E-state index contributed by atoms with van der Waals surface area (Å²) in [4.78, 5) is 11.2. The van der Waals surface area contributed by atoms with Crippen LogP contribution in [0.5, 0.6) is 0 Å². The Balaban J connectivity index is 2.06. The lowest BCUT2D eigenvalue weighted by Gasteiger charge is -1.99. The summed E-state index contributed by atoms with van der Waals surface area (Å²) in [6.45, 7) is 2.38. The lowest BCUT2D eigenvalue weighted by Crippen LogP contribution is -2.04. The van der Waals surface area contributed by atoms with Gasteiger partial charge in [0.25, 0.3) is 0 Å². The van der Waals surface area contributed by atoms with Gasteiger partial charge in [-0.15, -0.1) is 0 Å². The average molecular weight is 267 g/mol. The van der Waals surface area contributed by atoms with Gasteiger partial charge in [0.15, 0.2) is 5.78 Å². The summed E-state index contributed by atoms with van der Waals surface area (Å²) in [5.41, 5.74) is 3.42. The Morgan fingerprint density at radius 2 is 1.45 bits per heavy atom. The topological polar surface area (TPSA) is 53.8 Å². The zero-order chi connectivity index (χ0) is 14.4. The van der Waals surface area contributed by atoms with Crippen molar-refractivity contribution in [3.05, 3.63) is 59.7 Å². The molecule has 2 rings (SSSR count). The summed E-state index contributed by atoms with van der Waals surface area (Å²) >= 11 is 0. The minimum Gasteiger partial charge on any atom is -0.316 e. The molecule has 0 radical (unpaired) electrons.